The lowest BCUT2D eigenvalue weighted by Crippen LogP contribution is -2.44. The highest BCUT2D eigenvalue weighted by Gasteiger charge is 2.33. The number of hydrogen-bond donors (Lipinski definition) is 2. The maximum atomic E-state index is 13.0. The van der Waals surface area contributed by atoms with Crippen molar-refractivity contribution in [2.45, 2.75) is 23.5 Å². The summed E-state index contributed by atoms with van der Waals surface area (Å²) in [5, 5.41) is 3.44. The van der Waals surface area contributed by atoms with Gasteiger partial charge in [-0.25, -0.2) is 21.1 Å². The second-order valence-corrected chi connectivity index (χ2v) is 13.0. The van der Waals surface area contributed by atoms with Crippen molar-refractivity contribution in [2.24, 2.45) is 5.92 Å². The molecule has 1 aromatic heterocycles. The van der Waals surface area contributed by atoms with Crippen LogP contribution in [0.25, 0.3) is 0 Å². The highest BCUT2D eigenvalue weighted by atomic mass is 35.5. The Balaban J connectivity index is 1.38. The molecular weight excluding hydrogens is 559 g/mol. The van der Waals surface area contributed by atoms with Crippen LogP contribution in [0.2, 0.25) is 10.0 Å². The lowest BCUT2D eigenvalue weighted by atomic mass is 9.99. The Morgan fingerprint density at radius 3 is 2.46 bits per heavy atom. The van der Waals surface area contributed by atoms with E-state index in [9.17, 15) is 21.6 Å². The molecule has 0 unspecified atom stereocenters. The SMILES string of the molecule is O=C(Nc1ccc(S(=O)(=O)Nc2cccnc2)cc1)[C@@H]1CCCN(S(=O)(=O)Cc2ccc(Cl)cc2Cl)C1. The van der Waals surface area contributed by atoms with Crippen LogP contribution >= 0.6 is 23.2 Å². The Labute approximate surface area is 225 Å². The van der Waals surface area contributed by atoms with Gasteiger partial charge in [-0.3, -0.25) is 14.5 Å². The summed E-state index contributed by atoms with van der Waals surface area (Å²) in [6.45, 7) is 0.356. The molecule has 1 amide bonds. The van der Waals surface area contributed by atoms with Gasteiger partial charge < -0.3 is 5.32 Å². The number of rotatable bonds is 8. The Morgan fingerprint density at radius 2 is 1.78 bits per heavy atom. The normalized spacial score (nSPS) is 16.8. The number of pyridine rings is 1. The average Bonchev–Trinajstić information content (AvgIpc) is 2.86. The van der Waals surface area contributed by atoms with Gasteiger partial charge in [0.1, 0.15) is 0 Å². The van der Waals surface area contributed by atoms with Crippen LogP contribution < -0.4 is 10.0 Å². The van der Waals surface area contributed by atoms with E-state index in [1.54, 1.807) is 24.3 Å². The van der Waals surface area contributed by atoms with Crippen molar-refractivity contribution < 1.29 is 21.6 Å². The minimum absolute atomic E-state index is 0.0187. The van der Waals surface area contributed by atoms with Crippen molar-refractivity contribution in [2.75, 3.05) is 23.1 Å². The van der Waals surface area contributed by atoms with Crippen LogP contribution in [0, 0.1) is 5.92 Å². The Morgan fingerprint density at radius 1 is 1.03 bits per heavy atom. The summed E-state index contributed by atoms with van der Waals surface area (Å²) in [6, 6.07) is 13.6. The summed E-state index contributed by atoms with van der Waals surface area (Å²) in [6.07, 6.45) is 3.99. The van der Waals surface area contributed by atoms with E-state index in [0.717, 1.165) is 0 Å². The van der Waals surface area contributed by atoms with E-state index in [4.69, 9.17) is 23.2 Å². The zero-order valence-electron chi connectivity index (χ0n) is 19.5. The standard InChI is InChI=1S/C24H24Cl2N4O5S2/c25-19-6-5-18(23(26)13-19)16-36(32,33)30-12-2-3-17(15-30)24(31)28-20-7-9-22(10-8-20)37(34,35)29-21-4-1-11-27-14-21/h1,4-11,13-14,17,29H,2-3,12,15-16H2,(H,28,31)/t17-/m1/s1. The molecule has 1 atom stereocenters. The Hall–Kier alpha value is -2.70. The molecule has 196 valence electrons. The maximum Gasteiger partial charge on any atom is 0.261 e. The third-order valence-electron chi connectivity index (χ3n) is 5.85. The van der Waals surface area contributed by atoms with Crippen molar-refractivity contribution in [3.05, 3.63) is 82.6 Å². The second kappa shape index (κ2) is 11.4. The average molecular weight is 584 g/mol. The molecule has 9 nitrogen and oxygen atoms in total. The highest BCUT2D eigenvalue weighted by Crippen LogP contribution is 2.27. The molecule has 1 saturated heterocycles. The molecule has 3 aromatic rings. The van der Waals surface area contributed by atoms with Crippen LogP contribution in [-0.2, 0) is 30.6 Å². The molecule has 0 aliphatic carbocycles. The monoisotopic (exact) mass is 582 g/mol. The number of carbonyl (C=O) groups is 1. The predicted octanol–water partition coefficient (Wildman–Crippen LogP) is 4.37. The zero-order valence-corrected chi connectivity index (χ0v) is 22.6. The summed E-state index contributed by atoms with van der Waals surface area (Å²) < 4.78 is 54.9. The first kappa shape index (κ1) is 27.3. The molecule has 37 heavy (non-hydrogen) atoms. The van der Waals surface area contributed by atoms with E-state index < -0.39 is 26.0 Å². The van der Waals surface area contributed by atoms with E-state index in [1.807, 2.05) is 0 Å². The van der Waals surface area contributed by atoms with Crippen LogP contribution in [-0.4, -0.2) is 45.1 Å². The first-order valence-electron chi connectivity index (χ1n) is 11.3. The fourth-order valence-corrected chi connectivity index (χ4v) is 7.17. The minimum Gasteiger partial charge on any atom is -0.326 e. The van der Waals surface area contributed by atoms with Gasteiger partial charge in [-0.2, -0.15) is 0 Å². The molecule has 0 saturated carbocycles. The Bertz CT molecular complexity index is 1490. The number of nitrogens with one attached hydrogen (secondary N) is 2. The number of piperidine rings is 1. The molecular formula is C24H24Cl2N4O5S2. The van der Waals surface area contributed by atoms with Gasteiger partial charge in [0, 0.05) is 35.0 Å². The highest BCUT2D eigenvalue weighted by molar-refractivity contribution is 7.92. The van der Waals surface area contributed by atoms with Gasteiger partial charge >= 0.3 is 0 Å². The molecule has 2 N–H and O–H groups in total. The topological polar surface area (TPSA) is 126 Å². The van der Waals surface area contributed by atoms with Crippen LogP contribution in [0.3, 0.4) is 0 Å². The van der Waals surface area contributed by atoms with Crippen LogP contribution in [0.15, 0.2) is 71.9 Å². The third kappa shape index (κ3) is 6.99. The number of aromatic nitrogens is 1. The quantitative estimate of drug-likeness (QED) is 0.406. The number of halogens is 2. The van der Waals surface area contributed by atoms with Gasteiger partial charge in [0.15, 0.2) is 0 Å². The molecule has 0 spiro atoms. The van der Waals surface area contributed by atoms with E-state index in [2.05, 4.69) is 15.0 Å². The number of sulfonamides is 2. The molecule has 4 rings (SSSR count). The molecule has 2 aromatic carbocycles. The largest absolute Gasteiger partial charge is 0.326 e. The molecule has 2 heterocycles. The van der Waals surface area contributed by atoms with Crippen molar-refractivity contribution in [3.63, 3.8) is 0 Å². The molecule has 1 fully saturated rings. The number of amides is 1. The molecule has 1 aliphatic rings. The first-order valence-corrected chi connectivity index (χ1v) is 15.1. The fraction of sp³-hybridized carbons (Fsp3) is 0.250. The summed E-state index contributed by atoms with van der Waals surface area (Å²) in [5.74, 6) is -1.19. The summed E-state index contributed by atoms with van der Waals surface area (Å²) >= 11 is 12.0. The van der Waals surface area contributed by atoms with Gasteiger partial charge in [0.2, 0.25) is 15.9 Å². The number of hydrogen-bond acceptors (Lipinski definition) is 6. The number of anilines is 2. The zero-order chi connectivity index (χ0) is 26.6. The summed E-state index contributed by atoms with van der Waals surface area (Å²) in [5.41, 5.74) is 1.17. The molecule has 1 aliphatic heterocycles. The van der Waals surface area contributed by atoms with Crippen molar-refractivity contribution in [1.29, 1.82) is 0 Å². The molecule has 0 bridgehead atoms. The maximum absolute atomic E-state index is 13.0. The van der Waals surface area contributed by atoms with Crippen molar-refractivity contribution >= 4 is 60.5 Å². The van der Waals surface area contributed by atoms with E-state index in [0.29, 0.717) is 41.3 Å². The van der Waals surface area contributed by atoms with Crippen molar-refractivity contribution in [3.8, 4) is 0 Å². The number of nitrogens with zero attached hydrogens (tertiary/aromatic N) is 2. The first-order chi connectivity index (χ1) is 17.5. The smallest absolute Gasteiger partial charge is 0.261 e. The van der Waals surface area contributed by atoms with E-state index in [1.165, 1.54) is 47.0 Å². The fourth-order valence-electron chi connectivity index (χ4n) is 3.93. The summed E-state index contributed by atoms with van der Waals surface area (Å²) in [7, 11) is -7.54. The number of benzene rings is 2. The van der Waals surface area contributed by atoms with Crippen LogP contribution in [0.1, 0.15) is 18.4 Å². The predicted molar refractivity (Wildman–Crippen MR) is 143 cm³/mol. The van der Waals surface area contributed by atoms with Gasteiger partial charge in [-0.1, -0.05) is 29.3 Å². The van der Waals surface area contributed by atoms with Crippen LogP contribution in [0.4, 0.5) is 11.4 Å². The minimum atomic E-state index is -3.83. The number of carbonyl (C=O) groups excluding carboxylic acids is 1. The van der Waals surface area contributed by atoms with E-state index in [-0.39, 0.29) is 28.1 Å². The van der Waals surface area contributed by atoms with E-state index >= 15 is 0 Å². The molecule has 13 heteroatoms. The van der Waals surface area contributed by atoms with Gasteiger partial charge in [-0.15, -0.1) is 0 Å². The summed E-state index contributed by atoms with van der Waals surface area (Å²) in [4.78, 5) is 16.8. The lowest BCUT2D eigenvalue weighted by Gasteiger charge is -2.31. The van der Waals surface area contributed by atoms with Crippen molar-refractivity contribution in [1.82, 2.24) is 9.29 Å². The second-order valence-electron chi connectivity index (χ2n) is 8.55. The van der Waals surface area contributed by atoms with Crippen LogP contribution in [0.5, 0.6) is 0 Å². The van der Waals surface area contributed by atoms with Gasteiger partial charge in [0.05, 0.1) is 28.5 Å². The third-order valence-corrected chi connectivity index (χ3v) is 9.63. The lowest BCUT2D eigenvalue weighted by molar-refractivity contribution is -0.120. The molecule has 0 radical (unpaired) electrons. The van der Waals surface area contributed by atoms with Gasteiger partial charge in [0.25, 0.3) is 10.0 Å². The Kier molecular flexibility index (Phi) is 8.39. The van der Waals surface area contributed by atoms with Gasteiger partial charge in [-0.05, 0) is 66.9 Å².